The highest BCUT2D eigenvalue weighted by molar-refractivity contribution is 5.82. The van der Waals surface area contributed by atoms with Crippen LogP contribution in [0.4, 0.5) is 0 Å². The molecule has 1 aliphatic heterocycles. The van der Waals surface area contributed by atoms with Crippen LogP contribution in [0.3, 0.4) is 0 Å². The molecular formula is C16H25NO2. The summed E-state index contributed by atoms with van der Waals surface area (Å²) in [6, 6.07) is 0. The van der Waals surface area contributed by atoms with Gasteiger partial charge in [0.05, 0.1) is 7.11 Å². The van der Waals surface area contributed by atoms with E-state index in [2.05, 4.69) is 5.32 Å². The van der Waals surface area contributed by atoms with E-state index in [0.717, 1.165) is 37.1 Å². The molecule has 19 heavy (non-hydrogen) atoms. The van der Waals surface area contributed by atoms with Crippen LogP contribution in [-0.4, -0.2) is 25.2 Å². The number of carbonyl (C=O) groups is 1. The monoisotopic (exact) mass is 263 g/mol. The Bertz CT molecular complexity index is 362. The lowest BCUT2D eigenvalue weighted by molar-refractivity contribution is -0.168. The van der Waals surface area contributed by atoms with E-state index in [1.807, 2.05) is 0 Å². The second-order valence-corrected chi connectivity index (χ2v) is 7.63. The lowest BCUT2D eigenvalue weighted by Gasteiger charge is -2.62. The first-order valence-electron chi connectivity index (χ1n) is 8.01. The summed E-state index contributed by atoms with van der Waals surface area (Å²) in [4.78, 5) is 12.6. The first-order chi connectivity index (χ1) is 9.17. The van der Waals surface area contributed by atoms with Crippen molar-refractivity contribution in [3.8, 4) is 0 Å². The van der Waals surface area contributed by atoms with Crippen molar-refractivity contribution >= 4 is 5.97 Å². The van der Waals surface area contributed by atoms with Crippen molar-refractivity contribution in [3.05, 3.63) is 0 Å². The van der Waals surface area contributed by atoms with Crippen LogP contribution in [0, 0.1) is 23.2 Å². The fraction of sp³-hybridized carbons (Fsp3) is 0.938. The van der Waals surface area contributed by atoms with Crippen molar-refractivity contribution in [2.75, 3.05) is 13.7 Å². The van der Waals surface area contributed by atoms with E-state index in [1.165, 1.54) is 38.5 Å². The molecule has 3 heteroatoms. The Hall–Kier alpha value is -0.570. The second kappa shape index (κ2) is 3.97. The highest BCUT2D eigenvalue weighted by Crippen LogP contribution is 2.65. The van der Waals surface area contributed by atoms with Gasteiger partial charge >= 0.3 is 5.97 Å². The molecule has 0 amide bonds. The largest absolute Gasteiger partial charge is 0.468 e. The van der Waals surface area contributed by atoms with Gasteiger partial charge < -0.3 is 10.1 Å². The van der Waals surface area contributed by atoms with Crippen molar-refractivity contribution in [3.63, 3.8) is 0 Å². The molecule has 4 bridgehead atoms. The summed E-state index contributed by atoms with van der Waals surface area (Å²) in [6.07, 6.45) is 10.2. The molecule has 5 fully saturated rings. The fourth-order valence-electron chi connectivity index (χ4n) is 6.39. The molecule has 1 unspecified atom stereocenters. The molecule has 0 aromatic carbocycles. The maximum absolute atomic E-state index is 12.6. The number of hydrogen-bond acceptors (Lipinski definition) is 3. The number of hydrogen-bond donors (Lipinski definition) is 1. The summed E-state index contributed by atoms with van der Waals surface area (Å²) >= 11 is 0. The molecule has 0 radical (unpaired) electrons. The van der Waals surface area contributed by atoms with Gasteiger partial charge in [0.15, 0.2) is 0 Å². The standard InChI is InChI=1S/C16H25NO2/c1-19-14(18)16(3-2-4-17-16)15-8-11-5-12(9-15)7-13(6-11)10-15/h11-13,17H,2-10H2,1H3. The van der Waals surface area contributed by atoms with Gasteiger partial charge in [0, 0.05) is 5.41 Å². The highest BCUT2D eigenvalue weighted by Gasteiger charge is 2.64. The molecule has 0 spiro atoms. The molecule has 3 nitrogen and oxygen atoms in total. The topological polar surface area (TPSA) is 38.3 Å². The zero-order valence-corrected chi connectivity index (χ0v) is 11.9. The first kappa shape index (κ1) is 12.2. The summed E-state index contributed by atoms with van der Waals surface area (Å²) in [7, 11) is 1.56. The quantitative estimate of drug-likeness (QED) is 0.778. The second-order valence-electron chi connectivity index (χ2n) is 7.63. The SMILES string of the molecule is COC(=O)C1(C23CC4CC(CC(C4)C2)C3)CCCN1. The molecule has 4 saturated carbocycles. The molecule has 0 aromatic heterocycles. The fourth-order valence-corrected chi connectivity index (χ4v) is 6.39. The van der Waals surface area contributed by atoms with Crippen LogP contribution < -0.4 is 5.32 Å². The van der Waals surface area contributed by atoms with Crippen LogP contribution in [0.15, 0.2) is 0 Å². The van der Waals surface area contributed by atoms with Crippen LogP contribution >= 0.6 is 0 Å². The average molecular weight is 263 g/mol. The lowest BCUT2D eigenvalue weighted by atomic mass is 9.44. The smallest absolute Gasteiger partial charge is 0.326 e. The summed E-state index contributed by atoms with van der Waals surface area (Å²) in [5.74, 6) is 2.67. The third-order valence-corrected chi connectivity index (χ3v) is 6.63. The Morgan fingerprint density at radius 3 is 2.11 bits per heavy atom. The third-order valence-electron chi connectivity index (χ3n) is 6.63. The van der Waals surface area contributed by atoms with E-state index >= 15 is 0 Å². The minimum Gasteiger partial charge on any atom is -0.468 e. The Kier molecular flexibility index (Phi) is 2.55. The van der Waals surface area contributed by atoms with Crippen molar-refractivity contribution in [1.82, 2.24) is 5.32 Å². The molecule has 0 aromatic rings. The zero-order chi connectivity index (χ0) is 13.1. The molecule has 5 rings (SSSR count). The Morgan fingerprint density at radius 2 is 1.68 bits per heavy atom. The van der Waals surface area contributed by atoms with Gasteiger partial charge in [-0.15, -0.1) is 0 Å². The summed E-state index contributed by atoms with van der Waals surface area (Å²) < 4.78 is 5.23. The normalized spacial score (nSPS) is 51.5. The predicted molar refractivity (Wildman–Crippen MR) is 72.6 cm³/mol. The van der Waals surface area contributed by atoms with Gasteiger partial charge in [-0.05, 0) is 75.7 Å². The molecule has 1 saturated heterocycles. The third kappa shape index (κ3) is 1.51. The highest BCUT2D eigenvalue weighted by atomic mass is 16.5. The average Bonchev–Trinajstić information content (AvgIpc) is 2.87. The molecule has 1 heterocycles. The Labute approximate surface area is 115 Å². The first-order valence-corrected chi connectivity index (χ1v) is 8.01. The number of carbonyl (C=O) groups excluding carboxylic acids is 1. The number of ether oxygens (including phenoxy) is 1. The Balaban J connectivity index is 1.74. The minimum atomic E-state index is -0.349. The van der Waals surface area contributed by atoms with Crippen molar-refractivity contribution in [1.29, 1.82) is 0 Å². The number of rotatable bonds is 2. The maximum atomic E-state index is 12.6. The number of methoxy groups -OCH3 is 1. The zero-order valence-electron chi connectivity index (χ0n) is 11.9. The number of nitrogens with one attached hydrogen (secondary N) is 1. The van der Waals surface area contributed by atoms with Gasteiger partial charge in [-0.2, -0.15) is 0 Å². The van der Waals surface area contributed by atoms with Crippen LogP contribution in [0.2, 0.25) is 0 Å². The minimum absolute atomic E-state index is 0.0203. The van der Waals surface area contributed by atoms with Crippen LogP contribution in [-0.2, 0) is 9.53 Å². The van der Waals surface area contributed by atoms with Crippen molar-refractivity contribution < 1.29 is 9.53 Å². The summed E-state index contributed by atoms with van der Waals surface area (Å²) in [5.41, 5.74) is -0.136. The summed E-state index contributed by atoms with van der Waals surface area (Å²) in [6.45, 7) is 0.983. The Morgan fingerprint density at radius 1 is 1.11 bits per heavy atom. The van der Waals surface area contributed by atoms with Gasteiger partial charge in [0.1, 0.15) is 5.54 Å². The van der Waals surface area contributed by atoms with E-state index in [9.17, 15) is 4.79 Å². The van der Waals surface area contributed by atoms with Gasteiger partial charge in [0.2, 0.25) is 0 Å². The van der Waals surface area contributed by atoms with Crippen LogP contribution in [0.5, 0.6) is 0 Å². The van der Waals surface area contributed by atoms with Crippen molar-refractivity contribution in [2.24, 2.45) is 23.2 Å². The molecule has 4 aliphatic carbocycles. The molecular weight excluding hydrogens is 238 g/mol. The van der Waals surface area contributed by atoms with Gasteiger partial charge in [-0.1, -0.05) is 0 Å². The number of esters is 1. The van der Waals surface area contributed by atoms with Crippen molar-refractivity contribution in [2.45, 2.75) is 56.9 Å². The molecule has 1 N–H and O–H groups in total. The van der Waals surface area contributed by atoms with Gasteiger partial charge in [-0.25, -0.2) is 0 Å². The van der Waals surface area contributed by atoms with Crippen LogP contribution in [0.1, 0.15) is 51.4 Å². The predicted octanol–water partition coefficient (Wildman–Crippen LogP) is 2.50. The lowest BCUT2D eigenvalue weighted by Crippen LogP contribution is -2.66. The molecule has 106 valence electrons. The van der Waals surface area contributed by atoms with E-state index in [-0.39, 0.29) is 16.9 Å². The maximum Gasteiger partial charge on any atom is 0.326 e. The van der Waals surface area contributed by atoms with E-state index in [1.54, 1.807) is 7.11 Å². The van der Waals surface area contributed by atoms with E-state index in [0.29, 0.717) is 0 Å². The molecule has 1 atom stereocenters. The molecule has 5 aliphatic rings. The van der Waals surface area contributed by atoms with E-state index in [4.69, 9.17) is 4.74 Å². The summed E-state index contributed by atoms with van der Waals surface area (Å²) in [5, 5.41) is 3.60. The van der Waals surface area contributed by atoms with E-state index < -0.39 is 0 Å². The van der Waals surface area contributed by atoms with Gasteiger partial charge in [0.25, 0.3) is 0 Å². The van der Waals surface area contributed by atoms with Crippen LogP contribution in [0.25, 0.3) is 0 Å². The van der Waals surface area contributed by atoms with Gasteiger partial charge in [-0.3, -0.25) is 4.79 Å².